The number of hydrogen-bond donors (Lipinski definition) is 2. The number of nitrogens with one attached hydrogen (secondary N) is 2. The van der Waals surface area contributed by atoms with E-state index in [-0.39, 0.29) is 23.8 Å². The second-order valence-corrected chi connectivity index (χ2v) is 6.24. The van der Waals surface area contributed by atoms with Crippen molar-refractivity contribution in [3.8, 4) is 0 Å². The van der Waals surface area contributed by atoms with Crippen LogP contribution in [-0.2, 0) is 9.59 Å². The maximum atomic E-state index is 13.2. The second kappa shape index (κ2) is 6.98. The number of carbonyl (C=O) groups excluding carboxylic acids is 3. The summed E-state index contributed by atoms with van der Waals surface area (Å²) in [6.45, 7) is 1.08. The average Bonchev–Trinajstić information content (AvgIpc) is 3.01. The Hall–Kier alpha value is -2.44. The zero-order valence-corrected chi connectivity index (χ0v) is 13.3. The Bertz CT molecular complexity index is 656. The topological polar surface area (TPSA) is 78.5 Å². The molecule has 24 heavy (non-hydrogen) atoms. The number of rotatable bonds is 3. The van der Waals surface area contributed by atoms with Crippen molar-refractivity contribution < 1.29 is 18.8 Å². The summed E-state index contributed by atoms with van der Waals surface area (Å²) >= 11 is 0. The molecule has 2 aliphatic heterocycles. The Kier molecular flexibility index (Phi) is 4.78. The SMILES string of the molecule is O=C1CCC(C(=O)N2CCC(NC(=O)c3cccc(F)c3)CC2)N1. The molecule has 2 saturated heterocycles. The number of carbonyl (C=O) groups is 3. The lowest BCUT2D eigenvalue weighted by atomic mass is 10.0. The molecule has 128 valence electrons. The van der Waals surface area contributed by atoms with Crippen molar-refractivity contribution in [3.05, 3.63) is 35.6 Å². The molecule has 1 unspecified atom stereocenters. The molecule has 0 aromatic heterocycles. The van der Waals surface area contributed by atoms with Gasteiger partial charge in [0, 0.05) is 31.1 Å². The van der Waals surface area contributed by atoms with Crippen LogP contribution in [-0.4, -0.2) is 47.8 Å². The van der Waals surface area contributed by atoms with Crippen molar-refractivity contribution in [2.45, 2.75) is 37.8 Å². The van der Waals surface area contributed by atoms with Gasteiger partial charge < -0.3 is 15.5 Å². The lowest BCUT2D eigenvalue weighted by Gasteiger charge is -2.33. The Morgan fingerprint density at radius 1 is 1.21 bits per heavy atom. The summed E-state index contributed by atoms with van der Waals surface area (Å²) in [5, 5.41) is 5.57. The third-order valence-corrected chi connectivity index (χ3v) is 4.52. The molecule has 6 nitrogen and oxygen atoms in total. The molecule has 1 aromatic rings. The van der Waals surface area contributed by atoms with Crippen molar-refractivity contribution in [2.24, 2.45) is 0 Å². The van der Waals surface area contributed by atoms with E-state index < -0.39 is 11.9 Å². The van der Waals surface area contributed by atoms with Crippen LogP contribution in [0, 0.1) is 5.82 Å². The first-order valence-electron chi connectivity index (χ1n) is 8.17. The molecule has 0 bridgehead atoms. The first-order valence-corrected chi connectivity index (χ1v) is 8.17. The first kappa shape index (κ1) is 16.4. The maximum Gasteiger partial charge on any atom is 0.251 e. The van der Waals surface area contributed by atoms with Crippen LogP contribution in [0.2, 0.25) is 0 Å². The minimum absolute atomic E-state index is 0.0389. The molecule has 0 spiro atoms. The van der Waals surface area contributed by atoms with Crippen molar-refractivity contribution in [2.75, 3.05) is 13.1 Å². The van der Waals surface area contributed by atoms with Gasteiger partial charge in [0.1, 0.15) is 11.9 Å². The molecular weight excluding hydrogens is 313 g/mol. The van der Waals surface area contributed by atoms with E-state index in [1.807, 2.05) is 0 Å². The average molecular weight is 333 g/mol. The lowest BCUT2D eigenvalue weighted by molar-refractivity contribution is -0.135. The number of amides is 3. The van der Waals surface area contributed by atoms with E-state index in [1.54, 1.807) is 11.0 Å². The number of piperidine rings is 1. The highest BCUT2D eigenvalue weighted by molar-refractivity contribution is 5.94. The number of hydrogen-bond acceptors (Lipinski definition) is 3. The first-order chi connectivity index (χ1) is 11.5. The van der Waals surface area contributed by atoms with E-state index in [0.29, 0.717) is 44.3 Å². The summed E-state index contributed by atoms with van der Waals surface area (Å²) in [6, 6.07) is 5.12. The van der Waals surface area contributed by atoms with Crippen LogP contribution in [0.15, 0.2) is 24.3 Å². The van der Waals surface area contributed by atoms with Crippen molar-refractivity contribution >= 4 is 17.7 Å². The summed E-state index contributed by atoms with van der Waals surface area (Å²) in [7, 11) is 0. The van der Waals surface area contributed by atoms with Gasteiger partial charge in [-0.2, -0.15) is 0 Å². The standard InChI is InChI=1S/C17H20FN3O3/c18-12-3-1-2-11(10-12)16(23)19-13-6-8-21(9-7-13)17(24)14-4-5-15(22)20-14/h1-3,10,13-14H,4-9H2,(H,19,23)(H,20,22). The predicted octanol–water partition coefficient (Wildman–Crippen LogP) is 0.825. The zero-order valence-electron chi connectivity index (χ0n) is 13.3. The van der Waals surface area contributed by atoms with Crippen LogP contribution in [0.5, 0.6) is 0 Å². The van der Waals surface area contributed by atoms with E-state index in [2.05, 4.69) is 10.6 Å². The number of benzene rings is 1. The Morgan fingerprint density at radius 3 is 2.58 bits per heavy atom. The monoisotopic (exact) mass is 333 g/mol. The molecule has 0 saturated carbocycles. The molecule has 2 N–H and O–H groups in total. The molecule has 1 aromatic carbocycles. The van der Waals surface area contributed by atoms with Crippen LogP contribution in [0.1, 0.15) is 36.0 Å². The van der Waals surface area contributed by atoms with E-state index in [0.717, 1.165) is 0 Å². The summed E-state index contributed by atoms with van der Waals surface area (Å²) in [6.07, 6.45) is 2.24. The highest BCUT2D eigenvalue weighted by Crippen LogP contribution is 2.16. The molecule has 3 amide bonds. The van der Waals surface area contributed by atoms with Crippen LogP contribution < -0.4 is 10.6 Å². The highest BCUT2D eigenvalue weighted by Gasteiger charge is 2.32. The van der Waals surface area contributed by atoms with Gasteiger partial charge in [-0.3, -0.25) is 14.4 Å². The van der Waals surface area contributed by atoms with E-state index in [9.17, 15) is 18.8 Å². The van der Waals surface area contributed by atoms with E-state index in [4.69, 9.17) is 0 Å². The van der Waals surface area contributed by atoms with Gasteiger partial charge in [-0.05, 0) is 37.5 Å². The van der Waals surface area contributed by atoms with Gasteiger partial charge in [-0.1, -0.05) is 6.07 Å². The molecule has 7 heteroatoms. The molecule has 2 fully saturated rings. The highest BCUT2D eigenvalue weighted by atomic mass is 19.1. The zero-order chi connectivity index (χ0) is 17.1. The van der Waals surface area contributed by atoms with Crippen molar-refractivity contribution in [3.63, 3.8) is 0 Å². The number of likely N-dealkylation sites (tertiary alicyclic amines) is 1. The van der Waals surface area contributed by atoms with Gasteiger partial charge in [-0.15, -0.1) is 0 Å². The number of nitrogens with zero attached hydrogens (tertiary/aromatic N) is 1. The smallest absolute Gasteiger partial charge is 0.251 e. The number of halogens is 1. The summed E-state index contributed by atoms with van der Waals surface area (Å²) < 4.78 is 13.2. The van der Waals surface area contributed by atoms with E-state index in [1.165, 1.54) is 18.2 Å². The molecule has 3 rings (SSSR count). The quantitative estimate of drug-likeness (QED) is 0.860. The Balaban J connectivity index is 1.49. The molecule has 0 radical (unpaired) electrons. The van der Waals surface area contributed by atoms with Gasteiger partial charge in [-0.25, -0.2) is 4.39 Å². The molecular formula is C17H20FN3O3. The Labute approximate surface area is 139 Å². The third kappa shape index (κ3) is 3.72. The summed E-state index contributed by atoms with van der Waals surface area (Å²) in [5.74, 6) is -0.870. The van der Waals surface area contributed by atoms with Gasteiger partial charge in [0.2, 0.25) is 11.8 Å². The third-order valence-electron chi connectivity index (χ3n) is 4.52. The van der Waals surface area contributed by atoms with Crippen LogP contribution >= 0.6 is 0 Å². The van der Waals surface area contributed by atoms with Crippen molar-refractivity contribution in [1.82, 2.24) is 15.5 Å². The van der Waals surface area contributed by atoms with Gasteiger partial charge >= 0.3 is 0 Å². The van der Waals surface area contributed by atoms with Crippen molar-refractivity contribution in [1.29, 1.82) is 0 Å². The molecule has 1 atom stereocenters. The largest absolute Gasteiger partial charge is 0.349 e. The lowest BCUT2D eigenvalue weighted by Crippen LogP contribution is -2.51. The van der Waals surface area contributed by atoms with Gasteiger partial charge in [0.05, 0.1) is 0 Å². The summed E-state index contributed by atoms with van der Waals surface area (Å²) in [4.78, 5) is 37.4. The minimum Gasteiger partial charge on any atom is -0.349 e. The van der Waals surface area contributed by atoms with Crippen LogP contribution in [0.3, 0.4) is 0 Å². The van der Waals surface area contributed by atoms with Gasteiger partial charge in [0.25, 0.3) is 5.91 Å². The second-order valence-electron chi connectivity index (χ2n) is 6.24. The van der Waals surface area contributed by atoms with E-state index >= 15 is 0 Å². The fourth-order valence-electron chi connectivity index (χ4n) is 3.16. The summed E-state index contributed by atoms with van der Waals surface area (Å²) in [5.41, 5.74) is 0.294. The molecule has 2 heterocycles. The van der Waals surface area contributed by atoms with Crippen LogP contribution in [0.4, 0.5) is 4.39 Å². The van der Waals surface area contributed by atoms with Crippen LogP contribution in [0.25, 0.3) is 0 Å². The maximum absolute atomic E-state index is 13.2. The Morgan fingerprint density at radius 2 is 1.96 bits per heavy atom. The minimum atomic E-state index is -0.443. The van der Waals surface area contributed by atoms with Gasteiger partial charge in [0.15, 0.2) is 0 Å². The predicted molar refractivity (Wildman–Crippen MR) is 84.6 cm³/mol. The fraction of sp³-hybridized carbons (Fsp3) is 0.471. The molecule has 0 aliphatic carbocycles. The fourth-order valence-corrected chi connectivity index (χ4v) is 3.16. The normalized spacial score (nSPS) is 21.5. The molecule has 2 aliphatic rings.